The van der Waals surface area contributed by atoms with Gasteiger partial charge in [0.25, 0.3) is 0 Å². The SMILES string of the molecule is Brc1ccc(Cc2nccc3[nH]c(-c4cccc(Br)c4)nc23)cc1. The van der Waals surface area contributed by atoms with Crippen LogP contribution in [0.4, 0.5) is 0 Å². The third-order valence-electron chi connectivity index (χ3n) is 3.86. The molecule has 0 unspecified atom stereocenters. The number of aromatic amines is 1. The second-order valence-corrected chi connectivity index (χ2v) is 7.38. The second kappa shape index (κ2) is 6.49. The summed E-state index contributed by atoms with van der Waals surface area (Å²) < 4.78 is 2.11. The summed E-state index contributed by atoms with van der Waals surface area (Å²) in [6, 6.07) is 18.4. The second-order valence-electron chi connectivity index (χ2n) is 5.55. The smallest absolute Gasteiger partial charge is 0.138 e. The molecule has 2 heterocycles. The average Bonchev–Trinajstić information content (AvgIpc) is 3.02. The van der Waals surface area contributed by atoms with Gasteiger partial charge in [0.1, 0.15) is 11.3 Å². The van der Waals surface area contributed by atoms with E-state index in [-0.39, 0.29) is 0 Å². The van der Waals surface area contributed by atoms with Crippen molar-refractivity contribution in [1.29, 1.82) is 0 Å². The van der Waals surface area contributed by atoms with Crippen LogP contribution in [-0.2, 0) is 6.42 Å². The molecule has 4 aromatic rings. The number of rotatable bonds is 3. The van der Waals surface area contributed by atoms with Crippen LogP contribution in [0.3, 0.4) is 0 Å². The highest BCUT2D eigenvalue weighted by molar-refractivity contribution is 9.10. The highest BCUT2D eigenvalue weighted by Crippen LogP contribution is 2.25. The van der Waals surface area contributed by atoms with Gasteiger partial charge in [-0.15, -0.1) is 0 Å². The summed E-state index contributed by atoms with van der Waals surface area (Å²) in [5.41, 5.74) is 5.18. The first-order chi connectivity index (χ1) is 11.7. The molecule has 0 radical (unpaired) electrons. The van der Waals surface area contributed by atoms with Crippen molar-refractivity contribution in [3.8, 4) is 11.4 Å². The first-order valence-corrected chi connectivity index (χ1v) is 9.11. The summed E-state index contributed by atoms with van der Waals surface area (Å²) in [5, 5.41) is 0. The van der Waals surface area contributed by atoms with E-state index in [9.17, 15) is 0 Å². The molecular weight excluding hydrogens is 430 g/mol. The fourth-order valence-electron chi connectivity index (χ4n) is 2.69. The molecule has 0 fully saturated rings. The summed E-state index contributed by atoms with van der Waals surface area (Å²) in [5.74, 6) is 0.858. The van der Waals surface area contributed by atoms with E-state index >= 15 is 0 Å². The third kappa shape index (κ3) is 3.14. The molecule has 118 valence electrons. The van der Waals surface area contributed by atoms with Gasteiger partial charge < -0.3 is 4.98 Å². The van der Waals surface area contributed by atoms with Gasteiger partial charge in [-0.25, -0.2) is 4.98 Å². The number of nitrogens with zero attached hydrogens (tertiary/aromatic N) is 2. The highest BCUT2D eigenvalue weighted by Gasteiger charge is 2.11. The van der Waals surface area contributed by atoms with E-state index in [0.29, 0.717) is 0 Å². The van der Waals surface area contributed by atoms with Gasteiger partial charge in [-0.3, -0.25) is 4.98 Å². The van der Waals surface area contributed by atoms with Gasteiger partial charge in [0.15, 0.2) is 0 Å². The molecule has 0 saturated carbocycles. The summed E-state index contributed by atoms with van der Waals surface area (Å²) in [7, 11) is 0. The monoisotopic (exact) mass is 441 g/mol. The largest absolute Gasteiger partial charge is 0.338 e. The van der Waals surface area contributed by atoms with Gasteiger partial charge in [0.05, 0.1) is 11.2 Å². The van der Waals surface area contributed by atoms with E-state index in [4.69, 9.17) is 4.98 Å². The fourth-order valence-corrected chi connectivity index (χ4v) is 3.35. The minimum atomic E-state index is 0.757. The third-order valence-corrected chi connectivity index (χ3v) is 4.88. The van der Waals surface area contributed by atoms with Gasteiger partial charge in [-0.1, -0.05) is 56.1 Å². The Balaban J connectivity index is 1.76. The Labute approximate surface area is 156 Å². The van der Waals surface area contributed by atoms with E-state index in [0.717, 1.165) is 43.5 Å². The molecule has 3 nitrogen and oxygen atoms in total. The van der Waals surface area contributed by atoms with Crippen LogP contribution in [0.1, 0.15) is 11.3 Å². The van der Waals surface area contributed by atoms with Crippen molar-refractivity contribution in [2.24, 2.45) is 0 Å². The zero-order valence-corrected chi connectivity index (χ0v) is 15.8. The van der Waals surface area contributed by atoms with E-state index in [2.05, 4.69) is 60.0 Å². The minimum absolute atomic E-state index is 0.757. The molecule has 0 saturated heterocycles. The van der Waals surface area contributed by atoms with Crippen LogP contribution in [0.2, 0.25) is 0 Å². The molecule has 2 aromatic heterocycles. The van der Waals surface area contributed by atoms with Crippen molar-refractivity contribution in [2.45, 2.75) is 6.42 Å². The lowest BCUT2D eigenvalue weighted by Crippen LogP contribution is -1.93. The Morgan fingerprint density at radius 3 is 2.54 bits per heavy atom. The Hall–Kier alpha value is -1.98. The Kier molecular flexibility index (Phi) is 4.21. The summed E-state index contributed by atoms with van der Waals surface area (Å²) in [6.07, 6.45) is 2.59. The molecular formula is C19H13Br2N3. The molecule has 5 heteroatoms. The van der Waals surface area contributed by atoms with Crippen molar-refractivity contribution in [3.05, 3.63) is 81.0 Å². The van der Waals surface area contributed by atoms with Crippen LogP contribution >= 0.6 is 31.9 Å². The number of aromatic nitrogens is 3. The maximum atomic E-state index is 4.79. The number of benzene rings is 2. The lowest BCUT2D eigenvalue weighted by molar-refractivity contribution is 1.09. The lowest BCUT2D eigenvalue weighted by Gasteiger charge is -2.02. The van der Waals surface area contributed by atoms with Gasteiger partial charge in [-0.05, 0) is 35.9 Å². The molecule has 4 rings (SSSR count). The summed E-state index contributed by atoms with van der Waals surface area (Å²) in [6.45, 7) is 0. The number of hydrogen-bond acceptors (Lipinski definition) is 2. The van der Waals surface area contributed by atoms with Crippen molar-refractivity contribution in [1.82, 2.24) is 15.0 Å². The van der Waals surface area contributed by atoms with E-state index in [1.807, 2.05) is 42.6 Å². The number of nitrogens with one attached hydrogen (secondary N) is 1. The van der Waals surface area contributed by atoms with Crippen molar-refractivity contribution in [3.63, 3.8) is 0 Å². The van der Waals surface area contributed by atoms with Crippen LogP contribution in [0.25, 0.3) is 22.4 Å². The van der Waals surface area contributed by atoms with Crippen LogP contribution in [0.5, 0.6) is 0 Å². The predicted octanol–water partition coefficient (Wildman–Crippen LogP) is 5.74. The molecule has 1 N–H and O–H groups in total. The maximum Gasteiger partial charge on any atom is 0.138 e. The number of H-pyrrole nitrogens is 1. The van der Waals surface area contributed by atoms with Gasteiger partial charge in [0, 0.05) is 27.1 Å². The van der Waals surface area contributed by atoms with Crippen molar-refractivity contribution < 1.29 is 0 Å². The zero-order chi connectivity index (χ0) is 16.5. The standard InChI is InChI=1S/C19H13Br2N3/c20-14-6-4-12(5-7-14)10-17-18-16(8-9-22-17)23-19(24-18)13-2-1-3-15(21)11-13/h1-9,11H,10H2,(H,23,24). The van der Waals surface area contributed by atoms with Gasteiger partial charge in [0.2, 0.25) is 0 Å². The topological polar surface area (TPSA) is 41.6 Å². The first kappa shape index (κ1) is 15.5. The molecule has 0 aliphatic carbocycles. The number of halogens is 2. The minimum Gasteiger partial charge on any atom is -0.338 e. The molecule has 0 amide bonds. The van der Waals surface area contributed by atoms with Crippen LogP contribution in [-0.4, -0.2) is 15.0 Å². The molecule has 0 spiro atoms. The van der Waals surface area contributed by atoms with Crippen LogP contribution < -0.4 is 0 Å². The van der Waals surface area contributed by atoms with Gasteiger partial charge in [-0.2, -0.15) is 0 Å². The molecule has 0 bridgehead atoms. The molecule has 2 aromatic carbocycles. The predicted molar refractivity (Wildman–Crippen MR) is 104 cm³/mol. The quantitative estimate of drug-likeness (QED) is 0.439. The van der Waals surface area contributed by atoms with E-state index in [1.165, 1.54) is 5.56 Å². The average molecular weight is 443 g/mol. The van der Waals surface area contributed by atoms with Crippen molar-refractivity contribution in [2.75, 3.05) is 0 Å². The lowest BCUT2D eigenvalue weighted by atomic mass is 10.1. The maximum absolute atomic E-state index is 4.79. The van der Waals surface area contributed by atoms with Crippen LogP contribution in [0, 0.1) is 0 Å². The first-order valence-electron chi connectivity index (χ1n) is 7.53. The molecule has 0 aliphatic heterocycles. The number of pyridine rings is 1. The Morgan fingerprint density at radius 1 is 0.917 bits per heavy atom. The summed E-state index contributed by atoms with van der Waals surface area (Å²) in [4.78, 5) is 12.7. The van der Waals surface area contributed by atoms with Crippen molar-refractivity contribution >= 4 is 42.9 Å². The van der Waals surface area contributed by atoms with Crippen LogP contribution in [0.15, 0.2) is 69.7 Å². The number of hydrogen-bond donors (Lipinski definition) is 1. The summed E-state index contributed by atoms with van der Waals surface area (Å²) >= 11 is 6.98. The molecule has 0 atom stereocenters. The van der Waals surface area contributed by atoms with E-state index < -0.39 is 0 Å². The number of imidazole rings is 1. The molecule has 24 heavy (non-hydrogen) atoms. The highest BCUT2D eigenvalue weighted by atomic mass is 79.9. The molecule has 0 aliphatic rings. The normalized spacial score (nSPS) is 11.1. The Morgan fingerprint density at radius 2 is 1.75 bits per heavy atom. The van der Waals surface area contributed by atoms with E-state index in [1.54, 1.807) is 0 Å². The number of fused-ring (bicyclic) bond motifs is 1. The Bertz CT molecular complexity index is 1010. The van der Waals surface area contributed by atoms with Gasteiger partial charge >= 0.3 is 0 Å². The fraction of sp³-hybridized carbons (Fsp3) is 0.0526. The zero-order valence-electron chi connectivity index (χ0n) is 12.6.